The van der Waals surface area contributed by atoms with E-state index in [0.29, 0.717) is 5.92 Å². The van der Waals surface area contributed by atoms with E-state index >= 15 is 0 Å². The van der Waals surface area contributed by atoms with E-state index in [2.05, 4.69) is 0 Å². The number of fused-ring (bicyclic) bond motifs is 5. The lowest BCUT2D eigenvalue weighted by Gasteiger charge is -2.28. The summed E-state index contributed by atoms with van der Waals surface area (Å²) in [7, 11) is 0. The van der Waals surface area contributed by atoms with Crippen molar-refractivity contribution >= 4 is 0 Å². The quantitative estimate of drug-likeness (QED) is 0.561. The van der Waals surface area contributed by atoms with Crippen molar-refractivity contribution in [1.29, 1.82) is 0 Å². The molecule has 0 aliphatic heterocycles. The molecule has 0 saturated heterocycles. The molecule has 0 radical (unpaired) electrons. The number of rotatable bonds is 0. The van der Waals surface area contributed by atoms with Gasteiger partial charge in [0.15, 0.2) is 0 Å². The number of aliphatic hydroxyl groups excluding tert-OH is 1. The predicted molar refractivity (Wildman–Crippen MR) is 43.1 cm³/mol. The topological polar surface area (TPSA) is 20.2 Å². The van der Waals surface area contributed by atoms with Gasteiger partial charge in [0.1, 0.15) is 0 Å². The van der Waals surface area contributed by atoms with E-state index in [4.69, 9.17) is 0 Å². The Balaban J connectivity index is 1.90. The fraction of sp³-hybridized carbons (Fsp3) is 1.00. The molecule has 11 heavy (non-hydrogen) atoms. The molecule has 0 aromatic carbocycles. The van der Waals surface area contributed by atoms with Crippen LogP contribution in [0, 0.1) is 23.7 Å². The van der Waals surface area contributed by atoms with Gasteiger partial charge in [-0.25, -0.2) is 0 Å². The maximum atomic E-state index is 9.67. The fourth-order valence-corrected chi connectivity index (χ4v) is 4.03. The van der Waals surface area contributed by atoms with Crippen LogP contribution >= 0.6 is 0 Å². The van der Waals surface area contributed by atoms with Gasteiger partial charge in [0.25, 0.3) is 0 Å². The van der Waals surface area contributed by atoms with Crippen LogP contribution in [0.1, 0.15) is 32.1 Å². The van der Waals surface area contributed by atoms with E-state index in [1.807, 2.05) is 0 Å². The van der Waals surface area contributed by atoms with E-state index in [-0.39, 0.29) is 6.10 Å². The zero-order valence-corrected chi connectivity index (χ0v) is 6.87. The second-order valence-electron chi connectivity index (χ2n) is 4.72. The number of aliphatic hydroxyl groups is 1. The molecule has 0 aromatic heterocycles. The molecular formula is C10H16O. The molecule has 1 N–H and O–H groups in total. The molecule has 0 heterocycles. The molecule has 0 unspecified atom stereocenters. The van der Waals surface area contributed by atoms with Crippen LogP contribution in [0.25, 0.3) is 0 Å². The maximum absolute atomic E-state index is 9.67. The summed E-state index contributed by atoms with van der Waals surface area (Å²) < 4.78 is 0. The SMILES string of the molecule is O[C@@H]1C[C@H]2C[C@H]1[C@@H]1CCC[C@H]21. The van der Waals surface area contributed by atoms with E-state index in [9.17, 15) is 5.11 Å². The molecular weight excluding hydrogens is 136 g/mol. The van der Waals surface area contributed by atoms with Gasteiger partial charge in [-0.3, -0.25) is 0 Å². The molecule has 3 rings (SSSR count). The first-order valence-electron chi connectivity index (χ1n) is 5.04. The van der Waals surface area contributed by atoms with Crippen molar-refractivity contribution in [2.24, 2.45) is 23.7 Å². The monoisotopic (exact) mass is 152 g/mol. The van der Waals surface area contributed by atoms with Crippen molar-refractivity contribution in [3.05, 3.63) is 0 Å². The Labute approximate surface area is 67.8 Å². The minimum atomic E-state index is 0.0827. The van der Waals surface area contributed by atoms with Gasteiger partial charge >= 0.3 is 0 Å². The summed E-state index contributed by atoms with van der Waals surface area (Å²) in [6.07, 6.45) is 6.90. The van der Waals surface area contributed by atoms with Crippen LogP contribution in [0.5, 0.6) is 0 Å². The van der Waals surface area contributed by atoms with Gasteiger partial charge in [0, 0.05) is 0 Å². The highest BCUT2D eigenvalue weighted by molar-refractivity contribution is 5.02. The lowest BCUT2D eigenvalue weighted by molar-refractivity contribution is 0.0642. The summed E-state index contributed by atoms with van der Waals surface area (Å²) >= 11 is 0. The van der Waals surface area contributed by atoms with Gasteiger partial charge in [0.2, 0.25) is 0 Å². The van der Waals surface area contributed by atoms with E-state index in [1.54, 1.807) is 0 Å². The summed E-state index contributed by atoms with van der Waals surface area (Å²) in [5.41, 5.74) is 0. The molecule has 5 atom stereocenters. The van der Waals surface area contributed by atoms with Crippen LogP contribution in [0.15, 0.2) is 0 Å². The normalized spacial score (nSPS) is 60.3. The maximum Gasteiger partial charge on any atom is 0.0574 e. The van der Waals surface area contributed by atoms with E-state index in [0.717, 1.165) is 24.2 Å². The van der Waals surface area contributed by atoms with Crippen LogP contribution in [0.4, 0.5) is 0 Å². The summed E-state index contributed by atoms with van der Waals surface area (Å²) in [4.78, 5) is 0. The molecule has 3 aliphatic carbocycles. The zero-order valence-electron chi connectivity index (χ0n) is 6.87. The van der Waals surface area contributed by atoms with Crippen molar-refractivity contribution < 1.29 is 5.11 Å². The summed E-state index contributed by atoms with van der Waals surface area (Å²) in [5, 5.41) is 9.67. The predicted octanol–water partition coefficient (Wildman–Crippen LogP) is 1.80. The minimum absolute atomic E-state index is 0.0827. The molecule has 3 saturated carbocycles. The molecule has 0 aromatic rings. The Morgan fingerprint density at radius 2 is 1.73 bits per heavy atom. The van der Waals surface area contributed by atoms with Crippen molar-refractivity contribution in [3.63, 3.8) is 0 Å². The summed E-state index contributed by atoms with van der Waals surface area (Å²) in [6, 6.07) is 0. The van der Waals surface area contributed by atoms with Gasteiger partial charge in [-0.1, -0.05) is 6.42 Å². The Kier molecular flexibility index (Phi) is 1.18. The minimum Gasteiger partial charge on any atom is -0.393 e. The third-order valence-corrected chi connectivity index (χ3v) is 4.39. The fourth-order valence-electron chi connectivity index (χ4n) is 4.03. The Morgan fingerprint density at radius 3 is 2.64 bits per heavy atom. The third kappa shape index (κ3) is 0.703. The number of hydrogen-bond acceptors (Lipinski definition) is 1. The van der Waals surface area contributed by atoms with Crippen LogP contribution in [0.2, 0.25) is 0 Å². The Bertz CT molecular complexity index is 178. The molecule has 1 nitrogen and oxygen atoms in total. The van der Waals surface area contributed by atoms with Gasteiger partial charge in [-0.15, -0.1) is 0 Å². The van der Waals surface area contributed by atoms with Crippen LogP contribution < -0.4 is 0 Å². The largest absolute Gasteiger partial charge is 0.393 e. The second-order valence-corrected chi connectivity index (χ2v) is 4.72. The number of hydrogen-bond donors (Lipinski definition) is 1. The van der Waals surface area contributed by atoms with E-state index in [1.165, 1.54) is 25.7 Å². The van der Waals surface area contributed by atoms with Crippen LogP contribution in [0.3, 0.4) is 0 Å². The first kappa shape index (κ1) is 6.47. The average Bonchev–Trinajstić information content (AvgIpc) is 2.52. The van der Waals surface area contributed by atoms with Gasteiger partial charge in [-0.2, -0.15) is 0 Å². The van der Waals surface area contributed by atoms with Crippen molar-refractivity contribution in [1.82, 2.24) is 0 Å². The second kappa shape index (κ2) is 2.01. The highest BCUT2D eigenvalue weighted by Gasteiger charge is 2.53. The zero-order chi connectivity index (χ0) is 7.42. The first-order chi connectivity index (χ1) is 5.36. The summed E-state index contributed by atoms with van der Waals surface area (Å²) in [5.74, 6) is 3.60. The lowest BCUT2D eigenvalue weighted by atomic mass is 9.80. The van der Waals surface area contributed by atoms with Crippen LogP contribution in [-0.2, 0) is 0 Å². The molecule has 3 aliphatic rings. The Hall–Kier alpha value is -0.0400. The molecule has 3 fully saturated rings. The molecule has 0 amide bonds. The van der Waals surface area contributed by atoms with Crippen LogP contribution in [-0.4, -0.2) is 11.2 Å². The standard InChI is InChI=1S/C10H16O/c11-10-5-6-4-9(10)8-3-1-2-7(6)8/h6-11H,1-5H2/t6-,7-,8-,9+,10-/m1/s1. The van der Waals surface area contributed by atoms with E-state index < -0.39 is 0 Å². The highest BCUT2D eigenvalue weighted by atomic mass is 16.3. The average molecular weight is 152 g/mol. The molecule has 0 spiro atoms. The van der Waals surface area contributed by atoms with Gasteiger partial charge < -0.3 is 5.11 Å². The third-order valence-electron chi connectivity index (χ3n) is 4.39. The molecule has 62 valence electrons. The first-order valence-corrected chi connectivity index (χ1v) is 5.04. The molecule has 1 heteroatoms. The Morgan fingerprint density at radius 1 is 0.909 bits per heavy atom. The smallest absolute Gasteiger partial charge is 0.0574 e. The van der Waals surface area contributed by atoms with Gasteiger partial charge in [-0.05, 0) is 49.4 Å². The highest BCUT2D eigenvalue weighted by Crippen LogP contribution is 2.58. The molecule has 2 bridgehead atoms. The van der Waals surface area contributed by atoms with Crippen molar-refractivity contribution in [2.75, 3.05) is 0 Å². The summed E-state index contributed by atoms with van der Waals surface area (Å²) in [6.45, 7) is 0. The van der Waals surface area contributed by atoms with Gasteiger partial charge in [0.05, 0.1) is 6.10 Å². The lowest BCUT2D eigenvalue weighted by Crippen LogP contribution is -2.27. The van der Waals surface area contributed by atoms with Crippen molar-refractivity contribution in [2.45, 2.75) is 38.2 Å². The van der Waals surface area contributed by atoms with Crippen molar-refractivity contribution in [3.8, 4) is 0 Å².